The Morgan fingerprint density at radius 2 is 2.00 bits per heavy atom. The molecule has 16 heavy (non-hydrogen) atoms. The van der Waals surface area contributed by atoms with Crippen LogP contribution in [-0.4, -0.2) is 12.1 Å². The van der Waals surface area contributed by atoms with Crippen molar-refractivity contribution >= 4 is 12.1 Å². The first-order chi connectivity index (χ1) is 7.48. The fraction of sp³-hybridized carbons (Fsp3) is 0.200. The zero-order chi connectivity index (χ0) is 11.8. The van der Waals surface area contributed by atoms with E-state index in [-0.39, 0.29) is 5.84 Å². The van der Waals surface area contributed by atoms with Gasteiger partial charge in [-0.25, -0.2) is 0 Å². The molecule has 1 aromatic carbocycles. The summed E-state index contributed by atoms with van der Waals surface area (Å²) in [6.07, 6.45) is -2.93. The van der Waals surface area contributed by atoms with Gasteiger partial charge >= 0.3 is 6.18 Å². The van der Waals surface area contributed by atoms with Crippen LogP contribution < -0.4 is 5.73 Å². The average molecular weight is 227 g/mol. The van der Waals surface area contributed by atoms with Gasteiger partial charge < -0.3 is 5.73 Å². The second-order valence-electron chi connectivity index (χ2n) is 3.39. The van der Waals surface area contributed by atoms with Crippen molar-refractivity contribution < 1.29 is 13.2 Å². The van der Waals surface area contributed by atoms with E-state index in [1.54, 1.807) is 6.07 Å². The molecule has 0 aliphatic carbocycles. The van der Waals surface area contributed by atoms with Gasteiger partial charge in [-0.15, -0.1) is 5.10 Å². The summed E-state index contributed by atoms with van der Waals surface area (Å²) in [6.45, 7) is 0. The first kappa shape index (κ1) is 10.7. The molecule has 0 spiro atoms. The summed E-state index contributed by atoms with van der Waals surface area (Å²) in [4.78, 5) is 0. The van der Waals surface area contributed by atoms with Crippen LogP contribution in [0.25, 0.3) is 0 Å². The largest absolute Gasteiger partial charge is 0.416 e. The van der Waals surface area contributed by atoms with Crippen molar-refractivity contribution in [1.82, 2.24) is 0 Å². The highest BCUT2D eigenvalue weighted by Gasteiger charge is 2.31. The minimum atomic E-state index is -4.35. The molecule has 6 heteroatoms. The quantitative estimate of drug-likeness (QED) is 0.785. The molecule has 0 saturated heterocycles. The topological polar surface area (TPSA) is 50.7 Å². The molecule has 1 aliphatic heterocycles. The molecule has 0 radical (unpaired) electrons. The molecular weight excluding hydrogens is 219 g/mol. The van der Waals surface area contributed by atoms with Crippen LogP contribution in [0.1, 0.15) is 17.0 Å². The van der Waals surface area contributed by atoms with E-state index in [1.165, 1.54) is 12.3 Å². The van der Waals surface area contributed by atoms with Crippen LogP contribution in [0.2, 0.25) is 0 Å². The van der Waals surface area contributed by atoms with Crippen molar-refractivity contribution in [3.63, 3.8) is 0 Å². The molecule has 0 aromatic heterocycles. The van der Waals surface area contributed by atoms with E-state index in [0.29, 0.717) is 5.56 Å². The van der Waals surface area contributed by atoms with Crippen LogP contribution in [0.15, 0.2) is 34.5 Å². The van der Waals surface area contributed by atoms with Gasteiger partial charge in [-0.05, 0) is 11.6 Å². The maximum absolute atomic E-state index is 12.5. The van der Waals surface area contributed by atoms with E-state index in [2.05, 4.69) is 10.2 Å². The number of halogens is 3. The predicted octanol–water partition coefficient (Wildman–Crippen LogP) is 2.15. The summed E-state index contributed by atoms with van der Waals surface area (Å²) < 4.78 is 37.4. The van der Waals surface area contributed by atoms with E-state index < -0.39 is 17.7 Å². The van der Waals surface area contributed by atoms with Gasteiger partial charge in [-0.1, -0.05) is 18.2 Å². The van der Waals surface area contributed by atoms with Gasteiger partial charge in [0.25, 0.3) is 0 Å². The molecule has 0 fully saturated rings. The minimum absolute atomic E-state index is 0.208. The second-order valence-corrected chi connectivity index (χ2v) is 3.39. The van der Waals surface area contributed by atoms with E-state index >= 15 is 0 Å². The Balaban J connectivity index is 2.37. The van der Waals surface area contributed by atoms with Gasteiger partial charge in [-0.3, -0.25) is 0 Å². The van der Waals surface area contributed by atoms with Gasteiger partial charge in [0.1, 0.15) is 5.84 Å². The molecule has 1 atom stereocenters. The van der Waals surface area contributed by atoms with Crippen LogP contribution in [0.4, 0.5) is 13.2 Å². The molecule has 0 saturated carbocycles. The van der Waals surface area contributed by atoms with Gasteiger partial charge in [-0.2, -0.15) is 18.3 Å². The lowest BCUT2D eigenvalue weighted by molar-refractivity contribution is -0.137. The van der Waals surface area contributed by atoms with E-state index in [1.807, 2.05) is 0 Å². The highest BCUT2D eigenvalue weighted by molar-refractivity contribution is 6.04. The molecule has 2 rings (SSSR count). The van der Waals surface area contributed by atoms with Gasteiger partial charge in [0.05, 0.1) is 11.5 Å². The molecule has 1 aliphatic rings. The number of nitrogens with two attached hydrogens (primary N) is 1. The zero-order valence-corrected chi connectivity index (χ0v) is 8.07. The van der Waals surface area contributed by atoms with Gasteiger partial charge in [0.2, 0.25) is 0 Å². The number of hydrogen-bond donors (Lipinski definition) is 1. The number of rotatable bonds is 1. The third kappa shape index (κ3) is 1.91. The number of amidine groups is 1. The van der Waals surface area contributed by atoms with Crippen LogP contribution in [0, 0.1) is 0 Å². The van der Waals surface area contributed by atoms with Crippen LogP contribution in [-0.2, 0) is 6.18 Å². The second kappa shape index (κ2) is 3.62. The van der Waals surface area contributed by atoms with Crippen LogP contribution in [0.5, 0.6) is 0 Å². The fourth-order valence-corrected chi connectivity index (χ4v) is 1.47. The normalized spacial score (nSPS) is 19.9. The maximum atomic E-state index is 12.5. The van der Waals surface area contributed by atoms with Crippen molar-refractivity contribution in [3.05, 3.63) is 35.4 Å². The molecule has 2 N–H and O–H groups in total. The maximum Gasteiger partial charge on any atom is 0.416 e. The summed E-state index contributed by atoms with van der Waals surface area (Å²) in [5, 5.41) is 7.14. The fourth-order valence-electron chi connectivity index (χ4n) is 1.47. The first-order valence-corrected chi connectivity index (χ1v) is 4.52. The molecule has 0 bridgehead atoms. The highest BCUT2D eigenvalue weighted by atomic mass is 19.4. The molecule has 84 valence electrons. The predicted molar refractivity (Wildman–Crippen MR) is 54.3 cm³/mol. The van der Waals surface area contributed by atoms with Crippen molar-refractivity contribution in [2.75, 3.05) is 0 Å². The molecule has 1 unspecified atom stereocenters. The van der Waals surface area contributed by atoms with E-state index in [0.717, 1.165) is 12.1 Å². The Hall–Kier alpha value is -1.85. The third-order valence-corrected chi connectivity index (χ3v) is 2.28. The Morgan fingerprint density at radius 3 is 2.56 bits per heavy atom. The SMILES string of the molecule is NC1=NN=CC1c1cccc(C(F)(F)F)c1. The average Bonchev–Trinajstić information content (AvgIpc) is 2.63. The number of benzene rings is 1. The molecule has 3 nitrogen and oxygen atoms in total. The first-order valence-electron chi connectivity index (χ1n) is 4.52. The lowest BCUT2D eigenvalue weighted by Gasteiger charge is -2.11. The Kier molecular flexibility index (Phi) is 2.41. The highest BCUT2D eigenvalue weighted by Crippen LogP contribution is 2.31. The molecular formula is C10H8F3N3. The standard InChI is InChI=1S/C10H8F3N3/c11-10(12,13)7-3-1-2-6(4-7)8-5-15-16-9(8)14/h1-5,8H,(H2,14,16). The molecule has 0 amide bonds. The third-order valence-electron chi connectivity index (χ3n) is 2.28. The smallest absolute Gasteiger partial charge is 0.385 e. The zero-order valence-electron chi connectivity index (χ0n) is 8.07. The van der Waals surface area contributed by atoms with Crippen molar-refractivity contribution in [3.8, 4) is 0 Å². The van der Waals surface area contributed by atoms with Crippen LogP contribution in [0.3, 0.4) is 0 Å². The number of alkyl halides is 3. The Morgan fingerprint density at radius 1 is 1.25 bits per heavy atom. The van der Waals surface area contributed by atoms with Gasteiger partial charge in [0, 0.05) is 6.21 Å². The minimum Gasteiger partial charge on any atom is -0.385 e. The summed E-state index contributed by atoms with van der Waals surface area (Å²) in [6, 6.07) is 4.99. The van der Waals surface area contributed by atoms with E-state index in [9.17, 15) is 13.2 Å². The summed E-state index contributed by atoms with van der Waals surface area (Å²) in [7, 11) is 0. The monoisotopic (exact) mass is 227 g/mol. The van der Waals surface area contributed by atoms with Crippen molar-refractivity contribution in [2.24, 2.45) is 15.9 Å². The summed E-state index contributed by atoms with van der Waals surface area (Å²) in [5.74, 6) is -0.248. The Labute approximate surface area is 89.5 Å². The van der Waals surface area contributed by atoms with Crippen molar-refractivity contribution in [1.29, 1.82) is 0 Å². The Bertz CT molecular complexity index is 463. The summed E-state index contributed by atoms with van der Waals surface area (Å²) in [5.41, 5.74) is 5.26. The molecule has 1 aromatic rings. The van der Waals surface area contributed by atoms with Gasteiger partial charge in [0.15, 0.2) is 0 Å². The van der Waals surface area contributed by atoms with Crippen LogP contribution >= 0.6 is 0 Å². The lowest BCUT2D eigenvalue weighted by Crippen LogP contribution is -2.20. The summed E-state index contributed by atoms with van der Waals surface area (Å²) >= 11 is 0. The van der Waals surface area contributed by atoms with E-state index in [4.69, 9.17) is 5.73 Å². The number of nitrogens with zero attached hydrogens (tertiary/aromatic N) is 2. The number of hydrogen-bond acceptors (Lipinski definition) is 3. The van der Waals surface area contributed by atoms with Crippen molar-refractivity contribution in [2.45, 2.75) is 12.1 Å². The molecule has 1 heterocycles. The lowest BCUT2D eigenvalue weighted by atomic mass is 9.98.